The van der Waals surface area contributed by atoms with E-state index in [9.17, 15) is 4.79 Å². The Morgan fingerprint density at radius 2 is 2.00 bits per heavy atom. The van der Waals surface area contributed by atoms with Gasteiger partial charge in [-0.2, -0.15) is 0 Å². The molecule has 0 saturated carbocycles. The van der Waals surface area contributed by atoms with Crippen molar-refractivity contribution in [3.05, 3.63) is 33.3 Å². The standard InChI is InChI=1S/C16H22BrClN2O/c1-16(2,20-8-4-3-5-9-20)11-19-15(21)13-10-12(18)6-7-14(13)17/h6-7,10H,3-5,8-9,11H2,1-2H3,(H,19,21). The summed E-state index contributed by atoms with van der Waals surface area (Å²) in [7, 11) is 0. The normalized spacial score (nSPS) is 16.8. The maximum Gasteiger partial charge on any atom is 0.252 e. The van der Waals surface area contributed by atoms with Gasteiger partial charge in [-0.3, -0.25) is 9.69 Å². The quantitative estimate of drug-likeness (QED) is 0.862. The van der Waals surface area contributed by atoms with Gasteiger partial charge in [-0.25, -0.2) is 0 Å². The number of likely N-dealkylation sites (tertiary alicyclic amines) is 1. The largest absolute Gasteiger partial charge is 0.350 e. The van der Waals surface area contributed by atoms with Gasteiger partial charge in [0.25, 0.3) is 5.91 Å². The fourth-order valence-corrected chi connectivity index (χ4v) is 3.27. The van der Waals surface area contributed by atoms with E-state index in [4.69, 9.17) is 11.6 Å². The molecule has 0 aliphatic carbocycles. The lowest BCUT2D eigenvalue weighted by Crippen LogP contribution is -2.53. The van der Waals surface area contributed by atoms with Gasteiger partial charge >= 0.3 is 0 Å². The van der Waals surface area contributed by atoms with E-state index in [0.717, 1.165) is 17.6 Å². The highest BCUT2D eigenvalue weighted by Gasteiger charge is 2.28. The summed E-state index contributed by atoms with van der Waals surface area (Å²) in [5, 5.41) is 3.60. The highest BCUT2D eigenvalue weighted by molar-refractivity contribution is 9.10. The third-order valence-electron chi connectivity index (χ3n) is 4.07. The highest BCUT2D eigenvalue weighted by Crippen LogP contribution is 2.22. The Kier molecular flexibility index (Phi) is 5.69. The van der Waals surface area contributed by atoms with E-state index in [2.05, 4.69) is 40.0 Å². The number of piperidine rings is 1. The molecular formula is C16H22BrClN2O. The first-order valence-corrected chi connectivity index (χ1v) is 8.55. The number of hydrogen-bond donors (Lipinski definition) is 1. The van der Waals surface area contributed by atoms with Crippen LogP contribution in [0.2, 0.25) is 5.02 Å². The second-order valence-corrected chi connectivity index (χ2v) is 7.46. The summed E-state index contributed by atoms with van der Waals surface area (Å²) in [6.07, 6.45) is 3.81. The predicted octanol–water partition coefficient (Wildman–Crippen LogP) is 4.10. The maximum absolute atomic E-state index is 12.3. The molecule has 1 heterocycles. The molecule has 1 aliphatic heterocycles. The maximum atomic E-state index is 12.3. The fourth-order valence-electron chi connectivity index (χ4n) is 2.67. The first kappa shape index (κ1) is 16.8. The predicted molar refractivity (Wildman–Crippen MR) is 91.0 cm³/mol. The van der Waals surface area contributed by atoms with Crippen molar-refractivity contribution < 1.29 is 4.79 Å². The SMILES string of the molecule is CC(C)(CNC(=O)c1cc(Cl)ccc1Br)N1CCCCC1. The molecule has 0 unspecified atom stereocenters. The molecule has 21 heavy (non-hydrogen) atoms. The molecule has 0 bridgehead atoms. The summed E-state index contributed by atoms with van der Waals surface area (Å²) < 4.78 is 0.764. The number of carbonyl (C=O) groups excluding carboxylic acids is 1. The van der Waals surface area contributed by atoms with Crippen LogP contribution in [0.25, 0.3) is 0 Å². The highest BCUT2D eigenvalue weighted by atomic mass is 79.9. The second-order valence-electron chi connectivity index (χ2n) is 6.17. The molecular weight excluding hydrogens is 352 g/mol. The molecule has 5 heteroatoms. The van der Waals surface area contributed by atoms with Crippen LogP contribution in [0.5, 0.6) is 0 Å². The Morgan fingerprint density at radius 1 is 1.33 bits per heavy atom. The van der Waals surface area contributed by atoms with Crippen molar-refractivity contribution in [2.45, 2.75) is 38.6 Å². The lowest BCUT2D eigenvalue weighted by molar-refractivity contribution is 0.0797. The Balaban J connectivity index is 1.98. The third kappa shape index (κ3) is 4.44. The van der Waals surface area contributed by atoms with Crippen molar-refractivity contribution >= 4 is 33.4 Å². The molecule has 0 atom stereocenters. The number of rotatable bonds is 4. The Bertz CT molecular complexity index is 513. The third-order valence-corrected chi connectivity index (χ3v) is 4.99. The van der Waals surface area contributed by atoms with Crippen LogP contribution in [0.1, 0.15) is 43.5 Å². The van der Waals surface area contributed by atoms with E-state index < -0.39 is 0 Å². The van der Waals surface area contributed by atoms with Gasteiger partial charge in [0.2, 0.25) is 0 Å². The van der Waals surface area contributed by atoms with Crippen molar-refractivity contribution in [2.75, 3.05) is 19.6 Å². The van der Waals surface area contributed by atoms with E-state index in [-0.39, 0.29) is 11.4 Å². The van der Waals surface area contributed by atoms with E-state index in [1.54, 1.807) is 18.2 Å². The smallest absolute Gasteiger partial charge is 0.252 e. The molecule has 0 spiro atoms. The number of nitrogens with zero attached hydrogens (tertiary/aromatic N) is 1. The zero-order chi connectivity index (χ0) is 15.5. The van der Waals surface area contributed by atoms with Crippen LogP contribution in [-0.4, -0.2) is 36.0 Å². The van der Waals surface area contributed by atoms with Gasteiger partial charge in [0, 0.05) is 21.6 Å². The molecule has 1 saturated heterocycles. The van der Waals surface area contributed by atoms with Gasteiger partial charge in [-0.15, -0.1) is 0 Å². The van der Waals surface area contributed by atoms with E-state index >= 15 is 0 Å². The fraction of sp³-hybridized carbons (Fsp3) is 0.562. The average Bonchev–Trinajstić information content (AvgIpc) is 2.48. The number of hydrogen-bond acceptors (Lipinski definition) is 2. The van der Waals surface area contributed by atoms with Crippen LogP contribution in [-0.2, 0) is 0 Å². The van der Waals surface area contributed by atoms with E-state index in [1.807, 2.05) is 0 Å². The molecule has 116 valence electrons. The lowest BCUT2D eigenvalue weighted by atomic mass is 9.98. The molecule has 1 aliphatic rings. The Hall–Kier alpha value is -0.580. The van der Waals surface area contributed by atoms with E-state index in [0.29, 0.717) is 17.1 Å². The monoisotopic (exact) mass is 372 g/mol. The second kappa shape index (κ2) is 7.12. The van der Waals surface area contributed by atoms with Crippen LogP contribution in [0.3, 0.4) is 0 Å². The van der Waals surface area contributed by atoms with Crippen LogP contribution in [0.4, 0.5) is 0 Å². The van der Waals surface area contributed by atoms with Gasteiger partial charge in [-0.05, 0) is 73.9 Å². The number of nitrogens with one attached hydrogen (secondary N) is 1. The van der Waals surface area contributed by atoms with E-state index in [1.165, 1.54) is 19.3 Å². The molecule has 0 radical (unpaired) electrons. The number of carbonyl (C=O) groups is 1. The zero-order valence-corrected chi connectivity index (χ0v) is 14.9. The number of amides is 1. The lowest BCUT2D eigenvalue weighted by Gasteiger charge is -2.41. The van der Waals surface area contributed by atoms with Gasteiger partial charge in [0.05, 0.1) is 5.56 Å². The molecule has 1 amide bonds. The minimum absolute atomic E-state index is 0.0267. The van der Waals surface area contributed by atoms with Gasteiger partial charge in [0.15, 0.2) is 0 Å². The first-order valence-electron chi connectivity index (χ1n) is 7.38. The number of halogens is 2. The van der Waals surface area contributed by atoms with Crippen molar-refractivity contribution in [3.63, 3.8) is 0 Å². The minimum Gasteiger partial charge on any atom is -0.350 e. The summed E-state index contributed by atoms with van der Waals surface area (Å²) in [5.41, 5.74) is 0.554. The summed E-state index contributed by atoms with van der Waals surface area (Å²) in [4.78, 5) is 14.8. The van der Waals surface area contributed by atoms with Crippen molar-refractivity contribution in [1.82, 2.24) is 10.2 Å². The summed E-state index contributed by atoms with van der Waals surface area (Å²) in [6.45, 7) is 7.23. The molecule has 1 aromatic rings. The molecule has 2 rings (SSSR count). The Morgan fingerprint density at radius 3 is 2.67 bits per heavy atom. The molecule has 0 aromatic heterocycles. The van der Waals surface area contributed by atoms with Crippen LogP contribution < -0.4 is 5.32 Å². The van der Waals surface area contributed by atoms with Crippen molar-refractivity contribution in [2.24, 2.45) is 0 Å². The minimum atomic E-state index is -0.0885. The summed E-state index contributed by atoms with van der Waals surface area (Å²) in [6, 6.07) is 5.25. The molecule has 3 nitrogen and oxygen atoms in total. The topological polar surface area (TPSA) is 32.3 Å². The first-order chi connectivity index (χ1) is 9.90. The van der Waals surface area contributed by atoms with Crippen LogP contribution in [0.15, 0.2) is 22.7 Å². The zero-order valence-electron chi connectivity index (χ0n) is 12.6. The van der Waals surface area contributed by atoms with Crippen LogP contribution >= 0.6 is 27.5 Å². The van der Waals surface area contributed by atoms with Gasteiger partial charge < -0.3 is 5.32 Å². The van der Waals surface area contributed by atoms with Gasteiger partial charge in [0.1, 0.15) is 0 Å². The average molecular weight is 374 g/mol. The van der Waals surface area contributed by atoms with Gasteiger partial charge in [-0.1, -0.05) is 18.0 Å². The summed E-state index contributed by atoms with van der Waals surface area (Å²) >= 11 is 9.36. The van der Waals surface area contributed by atoms with Crippen molar-refractivity contribution in [1.29, 1.82) is 0 Å². The molecule has 1 N–H and O–H groups in total. The van der Waals surface area contributed by atoms with Crippen LogP contribution in [0, 0.1) is 0 Å². The van der Waals surface area contributed by atoms with Crippen molar-refractivity contribution in [3.8, 4) is 0 Å². The molecule has 1 fully saturated rings. The summed E-state index contributed by atoms with van der Waals surface area (Å²) in [5.74, 6) is -0.0885. The number of benzene rings is 1. The Labute approximate surface area is 140 Å². The molecule has 1 aromatic carbocycles.